The number of hydrogen-bond acceptors (Lipinski definition) is 4. The van der Waals surface area contributed by atoms with E-state index in [-0.39, 0.29) is 18.1 Å². The summed E-state index contributed by atoms with van der Waals surface area (Å²) in [5.74, 6) is -0.722. The van der Waals surface area contributed by atoms with Crippen molar-refractivity contribution in [3.63, 3.8) is 0 Å². The Hall–Kier alpha value is -1.34. The lowest BCUT2D eigenvalue weighted by atomic mass is 10.4. The Labute approximate surface area is 107 Å². The lowest BCUT2D eigenvalue weighted by Gasteiger charge is -2.05. The quantitative estimate of drug-likeness (QED) is 0.633. The van der Waals surface area contributed by atoms with Gasteiger partial charge in [-0.3, -0.25) is 20.4 Å². The van der Waals surface area contributed by atoms with Crippen LogP contribution in [0, 0.1) is 0 Å². The van der Waals surface area contributed by atoms with Crippen molar-refractivity contribution in [2.45, 2.75) is 13.3 Å². The number of carbonyl (C=O) groups excluding carboxylic acids is 2. The molecular weight excluding hydrogens is 292 g/mol. The van der Waals surface area contributed by atoms with Crippen molar-refractivity contribution in [1.29, 1.82) is 0 Å². The SMILES string of the molecule is CCOCCC(=O)NNC(=O)c1ccc(Br)o1. The highest BCUT2D eigenvalue weighted by Crippen LogP contribution is 2.13. The van der Waals surface area contributed by atoms with Gasteiger partial charge in [-0.2, -0.15) is 0 Å². The molecule has 0 aliphatic heterocycles. The number of nitrogens with one attached hydrogen (secondary N) is 2. The molecule has 1 aromatic rings. The van der Waals surface area contributed by atoms with Gasteiger partial charge in [0.05, 0.1) is 13.0 Å². The molecule has 6 nitrogen and oxygen atoms in total. The van der Waals surface area contributed by atoms with Crippen molar-refractivity contribution in [2.24, 2.45) is 0 Å². The summed E-state index contributed by atoms with van der Waals surface area (Å²) >= 11 is 3.07. The van der Waals surface area contributed by atoms with Crippen LogP contribution in [0.25, 0.3) is 0 Å². The molecule has 0 aliphatic carbocycles. The Morgan fingerprint density at radius 2 is 2.18 bits per heavy atom. The first-order valence-corrected chi connectivity index (χ1v) is 5.85. The summed E-state index contributed by atoms with van der Waals surface area (Å²) in [5.41, 5.74) is 4.49. The summed E-state index contributed by atoms with van der Waals surface area (Å²) in [6, 6.07) is 3.08. The Morgan fingerprint density at radius 1 is 1.41 bits per heavy atom. The smallest absolute Gasteiger partial charge is 0.305 e. The van der Waals surface area contributed by atoms with Crippen LogP contribution in [0.5, 0.6) is 0 Å². The summed E-state index contributed by atoms with van der Waals surface area (Å²) < 4.78 is 10.5. The molecule has 2 amide bonds. The minimum absolute atomic E-state index is 0.113. The van der Waals surface area contributed by atoms with Crippen molar-refractivity contribution in [3.05, 3.63) is 22.6 Å². The van der Waals surface area contributed by atoms with Crippen LogP contribution in [0.4, 0.5) is 0 Å². The Bertz CT molecular complexity index is 391. The fourth-order valence-corrected chi connectivity index (χ4v) is 1.30. The first-order chi connectivity index (χ1) is 8.13. The zero-order valence-electron chi connectivity index (χ0n) is 9.29. The highest BCUT2D eigenvalue weighted by Gasteiger charge is 2.10. The van der Waals surface area contributed by atoms with Crippen LogP contribution in [-0.4, -0.2) is 25.0 Å². The Kier molecular flexibility index (Phi) is 5.71. The predicted octanol–water partition coefficient (Wildman–Crippen LogP) is 1.23. The van der Waals surface area contributed by atoms with Gasteiger partial charge in [-0.25, -0.2) is 0 Å². The monoisotopic (exact) mass is 304 g/mol. The van der Waals surface area contributed by atoms with Crippen molar-refractivity contribution < 1.29 is 18.7 Å². The molecule has 0 bridgehead atoms. The first kappa shape index (κ1) is 13.7. The van der Waals surface area contributed by atoms with E-state index < -0.39 is 5.91 Å². The molecule has 1 heterocycles. The fourth-order valence-electron chi connectivity index (χ4n) is 0.996. The van der Waals surface area contributed by atoms with Gasteiger partial charge in [0.15, 0.2) is 10.4 Å². The molecule has 1 rings (SSSR count). The van der Waals surface area contributed by atoms with Crippen LogP contribution in [-0.2, 0) is 9.53 Å². The summed E-state index contributed by atoms with van der Waals surface area (Å²) in [6.07, 6.45) is 0.190. The molecule has 2 N–H and O–H groups in total. The maximum absolute atomic E-state index is 11.4. The number of ether oxygens (including phenoxy) is 1. The maximum Gasteiger partial charge on any atom is 0.305 e. The largest absolute Gasteiger partial charge is 0.444 e. The van der Waals surface area contributed by atoms with E-state index in [9.17, 15) is 9.59 Å². The van der Waals surface area contributed by atoms with E-state index in [1.54, 1.807) is 6.07 Å². The van der Waals surface area contributed by atoms with Gasteiger partial charge in [-0.1, -0.05) is 0 Å². The van der Waals surface area contributed by atoms with Crippen LogP contribution >= 0.6 is 15.9 Å². The summed E-state index contributed by atoms with van der Waals surface area (Å²) in [6.45, 7) is 2.72. The third-order valence-corrected chi connectivity index (χ3v) is 2.22. The molecule has 0 radical (unpaired) electrons. The summed E-state index contributed by atoms with van der Waals surface area (Å²) in [7, 11) is 0. The molecule has 0 unspecified atom stereocenters. The molecule has 0 saturated heterocycles. The number of carbonyl (C=O) groups is 2. The lowest BCUT2D eigenvalue weighted by Crippen LogP contribution is -2.41. The lowest BCUT2D eigenvalue weighted by molar-refractivity contribution is -0.122. The van der Waals surface area contributed by atoms with Gasteiger partial charge >= 0.3 is 5.91 Å². The van der Waals surface area contributed by atoms with Crippen LogP contribution < -0.4 is 10.9 Å². The van der Waals surface area contributed by atoms with Crippen LogP contribution in [0.3, 0.4) is 0 Å². The average Bonchev–Trinajstić information content (AvgIpc) is 2.73. The van der Waals surface area contributed by atoms with Crippen molar-refractivity contribution >= 4 is 27.7 Å². The highest BCUT2D eigenvalue weighted by atomic mass is 79.9. The average molecular weight is 305 g/mol. The molecule has 0 aliphatic rings. The number of hydrazine groups is 1. The van der Waals surface area contributed by atoms with Crippen LogP contribution in [0.2, 0.25) is 0 Å². The molecule has 0 atom stereocenters. The molecular formula is C10H13BrN2O4. The van der Waals surface area contributed by atoms with E-state index in [1.807, 2.05) is 6.92 Å². The van der Waals surface area contributed by atoms with Crippen LogP contribution in [0.15, 0.2) is 21.2 Å². The number of rotatable bonds is 5. The normalized spacial score (nSPS) is 10.0. The van der Waals surface area contributed by atoms with Gasteiger partial charge < -0.3 is 9.15 Å². The van der Waals surface area contributed by atoms with Crippen molar-refractivity contribution in [1.82, 2.24) is 10.9 Å². The van der Waals surface area contributed by atoms with Gasteiger partial charge in [0, 0.05) is 6.61 Å². The second-order valence-electron chi connectivity index (χ2n) is 3.05. The molecule has 0 fully saturated rings. The van der Waals surface area contributed by atoms with Gasteiger partial charge in [-0.15, -0.1) is 0 Å². The second kappa shape index (κ2) is 7.08. The van der Waals surface area contributed by atoms with E-state index in [1.165, 1.54) is 6.07 Å². The van der Waals surface area contributed by atoms with E-state index >= 15 is 0 Å². The van der Waals surface area contributed by atoms with E-state index in [0.29, 0.717) is 17.9 Å². The maximum atomic E-state index is 11.4. The zero-order valence-corrected chi connectivity index (χ0v) is 10.9. The topological polar surface area (TPSA) is 80.6 Å². The van der Waals surface area contributed by atoms with Crippen molar-refractivity contribution in [2.75, 3.05) is 13.2 Å². The first-order valence-electron chi connectivity index (χ1n) is 5.05. The molecule has 7 heteroatoms. The molecule has 0 aromatic carbocycles. The molecule has 17 heavy (non-hydrogen) atoms. The fraction of sp³-hybridized carbons (Fsp3) is 0.400. The Morgan fingerprint density at radius 3 is 2.76 bits per heavy atom. The minimum Gasteiger partial charge on any atom is -0.444 e. The van der Waals surface area contributed by atoms with E-state index in [4.69, 9.17) is 9.15 Å². The van der Waals surface area contributed by atoms with Gasteiger partial charge in [0.25, 0.3) is 0 Å². The standard InChI is InChI=1S/C10H13BrN2O4/c1-2-16-6-5-9(14)12-13-10(15)7-3-4-8(11)17-7/h3-4H,2,5-6H2,1H3,(H,12,14)(H,13,15). The van der Waals surface area contributed by atoms with E-state index in [0.717, 1.165) is 0 Å². The highest BCUT2D eigenvalue weighted by molar-refractivity contribution is 9.10. The summed E-state index contributed by atoms with van der Waals surface area (Å²) in [5, 5.41) is 0. The van der Waals surface area contributed by atoms with Crippen LogP contribution in [0.1, 0.15) is 23.9 Å². The Balaban J connectivity index is 2.26. The van der Waals surface area contributed by atoms with Gasteiger partial charge in [0.1, 0.15) is 0 Å². The van der Waals surface area contributed by atoms with Gasteiger partial charge in [0.2, 0.25) is 5.91 Å². The third kappa shape index (κ3) is 5.01. The van der Waals surface area contributed by atoms with E-state index in [2.05, 4.69) is 26.8 Å². The number of amides is 2. The zero-order chi connectivity index (χ0) is 12.7. The number of furan rings is 1. The second-order valence-corrected chi connectivity index (χ2v) is 3.83. The molecule has 1 aromatic heterocycles. The van der Waals surface area contributed by atoms with Gasteiger partial charge in [-0.05, 0) is 35.0 Å². The molecule has 94 valence electrons. The molecule has 0 saturated carbocycles. The minimum atomic E-state index is -0.513. The summed E-state index contributed by atoms with van der Waals surface area (Å²) in [4.78, 5) is 22.6. The molecule has 0 spiro atoms. The third-order valence-electron chi connectivity index (χ3n) is 1.79. The number of halogens is 1. The number of hydrogen-bond donors (Lipinski definition) is 2. The van der Waals surface area contributed by atoms with Crippen molar-refractivity contribution in [3.8, 4) is 0 Å². The predicted molar refractivity (Wildman–Crippen MR) is 63.1 cm³/mol.